The summed E-state index contributed by atoms with van der Waals surface area (Å²) in [4.78, 5) is 5.43. The van der Waals surface area contributed by atoms with E-state index in [1.54, 1.807) is 23.1 Å². The molecule has 0 spiro atoms. The third-order valence-corrected chi connectivity index (χ3v) is 4.51. The van der Waals surface area contributed by atoms with E-state index in [1.165, 1.54) is 5.56 Å². The van der Waals surface area contributed by atoms with Gasteiger partial charge < -0.3 is 10.3 Å². The summed E-state index contributed by atoms with van der Waals surface area (Å²) >= 11 is 3.22. The number of anilines is 1. The Kier molecular flexibility index (Phi) is 3.75. The number of nitrogen functional groups attached to an aromatic ring is 1. The molecule has 1 aromatic carbocycles. The predicted molar refractivity (Wildman–Crippen MR) is 82.8 cm³/mol. The molecular weight excluding hydrogens is 290 g/mol. The van der Waals surface area contributed by atoms with Gasteiger partial charge >= 0.3 is 0 Å². The second kappa shape index (κ2) is 5.68. The molecule has 20 heavy (non-hydrogen) atoms. The summed E-state index contributed by atoms with van der Waals surface area (Å²) in [5, 5.41) is 7.98. The van der Waals surface area contributed by atoms with Crippen molar-refractivity contribution in [1.29, 1.82) is 0 Å². The SMILES string of the molecule is Cc1ccc(N)c(SCc2nc(-c3ccsc3)no2)c1. The first-order chi connectivity index (χ1) is 9.72. The lowest BCUT2D eigenvalue weighted by Crippen LogP contribution is -1.90. The van der Waals surface area contributed by atoms with Gasteiger partial charge in [-0.05, 0) is 36.1 Å². The van der Waals surface area contributed by atoms with E-state index in [0.717, 1.165) is 16.1 Å². The van der Waals surface area contributed by atoms with Gasteiger partial charge in [0.2, 0.25) is 11.7 Å². The summed E-state index contributed by atoms with van der Waals surface area (Å²) in [6, 6.07) is 7.96. The van der Waals surface area contributed by atoms with Crippen LogP contribution in [0, 0.1) is 6.92 Å². The number of rotatable bonds is 4. The molecule has 0 amide bonds. The molecule has 4 nitrogen and oxygen atoms in total. The van der Waals surface area contributed by atoms with Crippen LogP contribution in [0.5, 0.6) is 0 Å². The van der Waals surface area contributed by atoms with Crippen LogP contribution >= 0.6 is 23.1 Å². The number of thiophene rings is 1. The van der Waals surface area contributed by atoms with E-state index in [1.807, 2.05) is 35.9 Å². The number of thioether (sulfide) groups is 1. The predicted octanol–water partition coefficient (Wildman–Crippen LogP) is 3.98. The van der Waals surface area contributed by atoms with Crippen LogP contribution in [0.1, 0.15) is 11.5 Å². The lowest BCUT2D eigenvalue weighted by atomic mass is 10.2. The minimum atomic E-state index is 0.608. The first-order valence-corrected chi connectivity index (χ1v) is 7.99. The van der Waals surface area contributed by atoms with Crippen LogP contribution in [-0.4, -0.2) is 10.1 Å². The van der Waals surface area contributed by atoms with Crippen molar-refractivity contribution in [3.05, 3.63) is 46.5 Å². The molecule has 6 heteroatoms. The molecule has 2 N–H and O–H groups in total. The Morgan fingerprint density at radius 2 is 2.25 bits per heavy atom. The molecule has 0 bridgehead atoms. The fourth-order valence-corrected chi connectivity index (χ4v) is 3.26. The minimum absolute atomic E-state index is 0.608. The van der Waals surface area contributed by atoms with E-state index in [4.69, 9.17) is 10.3 Å². The van der Waals surface area contributed by atoms with E-state index >= 15 is 0 Å². The molecule has 0 saturated carbocycles. The molecule has 0 unspecified atom stereocenters. The summed E-state index contributed by atoms with van der Waals surface area (Å²) in [6.45, 7) is 2.05. The molecule has 0 radical (unpaired) electrons. The maximum atomic E-state index is 5.95. The molecule has 2 heterocycles. The van der Waals surface area contributed by atoms with E-state index in [-0.39, 0.29) is 0 Å². The summed E-state index contributed by atoms with van der Waals surface area (Å²) in [6.07, 6.45) is 0. The molecule has 0 saturated heterocycles. The minimum Gasteiger partial charge on any atom is -0.398 e. The van der Waals surface area contributed by atoms with Crippen molar-refractivity contribution in [3.63, 3.8) is 0 Å². The molecule has 102 valence electrons. The van der Waals surface area contributed by atoms with Crippen molar-refractivity contribution in [3.8, 4) is 11.4 Å². The molecule has 3 aromatic rings. The van der Waals surface area contributed by atoms with Crippen molar-refractivity contribution in [2.45, 2.75) is 17.6 Å². The maximum Gasteiger partial charge on any atom is 0.237 e. The van der Waals surface area contributed by atoms with Crippen molar-refractivity contribution in [1.82, 2.24) is 10.1 Å². The summed E-state index contributed by atoms with van der Waals surface area (Å²) in [5.41, 5.74) is 8.90. The lowest BCUT2D eigenvalue weighted by molar-refractivity contribution is 0.391. The van der Waals surface area contributed by atoms with Crippen molar-refractivity contribution < 1.29 is 4.52 Å². The fraction of sp³-hybridized carbons (Fsp3) is 0.143. The number of hydrogen-bond donors (Lipinski definition) is 1. The van der Waals surface area contributed by atoms with Gasteiger partial charge in [-0.1, -0.05) is 11.2 Å². The van der Waals surface area contributed by atoms with Crippen molar-refractivity contribution in [2.24, 2.45) is 0 Å². The Morgan fingerprint density at radius 3 is 3.05 bits per heavy atom. The summed E-state index contributed by atoms with van der Waals surface area (Å²) < 4.78 is 5.26. The highest BCUT2D eigenvalue weighted by Crippen LogP contribution is 2.29. The molecule has 0 atom stereocenters. The fourth-order valence-electron chi connectivity index (χ4n) is 1.73. The average Bonchev–Trinajstić information content (AvgIpc) is 3.09. The second-order valence-corrected chi connectivity index (χ2v) is 6.15. The first-order valence-electron chi connectivity index (χ1n) is 6.06. The van der Waals surface area contributed by atoms with Gasteiger partial charge in [-0.15, -0.1) is 11.8 Å². The van der Waals surface area contributed by atoms with Crippen LogP contribution in [0.3, 0.4) is 0 Å². The third-order valence-electron chi connectivity index (χ3n) is 2.77. The highest BCUT2D eigenvalue weighted by atomic mass is 32.2. The Bertz CT molecular complexity index is 707. The molecular formula is C14H13N3OS2. The van der Waals surface area contributed by atoms with Gasteiger partial charge in [0, 0.05) is 21.5 Å². The molecule has 3 rings (SSSR count). The zero-order chi connectivity index (χ0) is 13.9. The van der Waals surface area contributed by atoms with Crippen LogP contribution < -0.4 is 5.73 Å². The zero-order valence-corrected chi connectivity index (χ0v) is 12.5. The van der Waals surface area contributed by atoms with E-state index in [2.05, 4.69) is 16.2 Å². The van der Waals surface area contributed by atoms with E-state index in [0.29, 0.717) is 17.5 Å². The van der Waals surface area contributed by atoms with Crippen molar-refractivity contribution >= 4 is 28.8 Å². The second-order valence-electron chi connectivity index (χ2n) is 4.35. The largest absolute Gasteiger partial charge is 0.398 e. The molecule has 0 aliphatic heterocycles. The lowest BCUT2D eigenvalue weighted by Gasteiger charge is -2.04. The number of nitrogens with zero attached hydrogens (tertiary/aromatic N) is 2. The Labute approximate surface area is 125 Å². The average molecular weight is 303 g/mol. The number of nitrogens with two attached hydrogens (primary N) is 1. The van der Waals surface area contributed by atoms with E-state index < -0.39 is 0 Å². The standard InChI is InChI=1S/C14H13N3OS2/c1-9-2-3-11(15)12(6-9)20-8-13-16-14(17-18-13)10-4-5-19-7-10/h2-7H,8,15H2,1H3. The highest BCUT2D eigenvalue weighted by Gasteiger charge is 2.10. The highest BCUT2D eigenvalue weighted by molar-refractivity contribution is 7.98. The molecule has 0 aliphatic rings. The van der Waals surface area contributed by atoms with Crippen molar-refractivity contribution in [2.75, 3.05) is 5.73 Å². The number of hydrogen-bond acceptors (Lipinski definition) is 6. The van der Waals surface area contributed by atoms with Gasteiger partial charge in [0.05, 0.1) is 5.75 Å². The smallest absolute Gasteiger partial charge is 0.237 e. The van der Waals surface area contributed by atoms with Crippen LogP contribution in [0.2, 0.25) is 0 Å². The summed E-state index contributed by atoms with van der Waals surface area (Å²) in [7, 11) is 0. The van der Waals surface area contributed by atoms with Gasteiger partial charge in [-0.3, -0.25) is 0 Å². The number of aromatic nitrogens is 2. The molecule has 2 aromatic heterocycles. The Hall–Kier alpha value is -1.79. The zero-order valence-electron chi connectivity index (χ0n) is 10.9. The van der Waals surface area contributed by atoms with Gasteiger partial charge in [-0.2, -0.15) is 16.3 Å². The number of benzene rings is 1. The topological polar surface area (TPSA) is 64.9 Å². The van der Waals surface area contributed by atoms with Crippen LogP contribution in [0.25, 0.3) is 11.4 Å². The van der Waals surface area contributed by atoms with Crippen LogP contribution in [0.15, 0.2) is 44.4 Å². The van der Waals surface area contributed by atoms with E-state index in [9.17, 15) is 0 Å². The molecule has 0 aliphatic carbocycles. The Balaban J connectivity index is 1.71. The monoisotopic (exact) mass is 303 g/mol. The molecule has 0 fully saturated rings. The normalized spacial score (nSPS) is 10.8. The number of aryl methyl sites for hydroxylation is 1. The maximum absolute atomic E-state index is 5.95. The quantitative estimate of drug-likeness (QED) is 0.583. The first kappa shape index (κ1) is 13.2. The summed E-state index contributed by atoms with van der Waals surface area (Å²) in [5.74, 6) is 1.86. The van der Waals surface area contributed by atoms with Gasteiger partial charge in [0.1, 0.15) is 0 Å². The third kappa shape index (κ3) is 2.86. The van der Waals surface area contributed by atoms with Crippen LogP contribution in [-0.2, 0) is 5.75 Å². The van der Waals surface area contributed by atoms with Gasteiger partial charge in [0.25, 0.3) is 0 Å². The Morgan fingerprint density at radius 1 is 1.35 bits per heavy atom. The van der Waals surface area contributed by atoms with Gasteiger partial charge in [-0.25, -0.2) is 0 Å². The van der Waals surface area contributed by atoms with Crippen LogP contribution in [0.4, 0.5) is 5.69 Å². The van der Waals surface area contributed by atoms with Gasteiger partial charge in [0.15, 0.2) is 0 Å².